The number of hydrogen-bond acceptors (Lipinski definition) is 5. The molecule has 0 unspecified atom stereocenters. The Morgan fingerprint density at radius 3 is 2.48 bits per heavy atom. The first-order chi connectivity index (χ1) is 13.8. The van der Waals surface area contributed by atoms with Gasteiger partial charge < -0.3 is 15.0 Å². The molecule has 3 rings (SSSR count). The molecule has 0 saturated carbocycles. The van der Waals surface area contributed by atoms with E-state index in [4.69, 9.17) is 4.74 Å². The summed E-state index contributed by atoms with van der Waals surface area (Å²) in [5.41, 5.74) is -0.179. The third-order valence-electron chi connectivity index (χ3n) is 4.43. The van der Waals surface area contributed by atoms with Crippen molar-refractivity contribution >= 4 is 11.9 Å². The monoisotopic (exact) mass is 410 g/mol. The largest absolute Gasteiger partial charge is 0.416 e. The zero-order chi connectivity index (χ0) is 21.0. The lowest BCUT2D eigenvalue weighted by atomic mass is 10.1. The minimum atomic E-state index is -4.40. The average Bonchev–Trinajstić information content (AvgIpc) is 3.10. The molecule has 29 heavy (non-hydrogen) atoms. The molecule has 0 bridgehead atoms. The van der Waals surface area contributed by atoms with Gasteiger partial charge in [-0.3, -0.25) is 4.79 Å². The molecule has 1 amide bonds. The predicted octanol–water partition coefficient (Wildman–Crippen LogP) is 3.03. The number of halogens is 4. The van der Waals surface area contributed by atoms with Crippen LogP contribution < -0.4 is 5.32 Å². The van der Waals surface area contributed by atoms with Gasteiger partial charge in [0.25, 0.3) is 0 Å². The van der Waals surface area contributed by atoms with E-state index < -0.39 is 23.7 Å². The maximum absolute atomic E-state index is 13.0. The highest BCUT2D eigenvalue weighted by molar-refractivity contribution is 5.87. The van der Waals surface area contributed by atoms with Crippen LogP contribution in [0.3, 0.4) is 0 Å². The highest BCUT2D eigenvalue weighted by atomic mass is 19.4. The molecule has 1 fully saturated rings. The molecule has 2 atom stereocenters. The van der Waals surface area contributed by atoms with Gasteiger partial charge in [-0.1, -0.05) is 18.7 Å². The minimum absolute atomic E-state index is 0.0569. The Labute approximate surface area is 164 Å². The first-order valence-electron chi connectivity index (χ1n) is 8.69. The number of ether oxygens (including phenoxy) is 1. The Hall–Kier alpha value is -3.01. The molecule has 2 heterocycles. The van der Waals surface area contributed by atoms with E-state index >= 15 is 0 Å². The van der Waals surface area contributed by atoms with Gasteiger partial charge in [0.2, 0.25) is 11.9 Å². The highest BCUT2D eigenvalue weighted by Gasteiger charge is 2.36. The van der Waals surface area contributed by atoms with E-state index in [0.717, 1.165) is 24.5 Å². The standard InChI is InChI=1S/C19H18F4N4O2/c1-2-17(28)27-9-15(26-18-24-7-14(20)8-25-18)16(10-27)29-11-12-3-5-13(6-4-12)19(21,22)23/h2-8,15-16H,1,9-11H2,(H,24,25,26)/t15-,16-/m1/s1. The first kappa shape index (κ1) is 20.7. The van der Waals surface area contributed by atoms with Crippen LogP contribution in [0, 0.1) is 5.82 Å². The second-order valence-corrected chi connectivity index (χ2v) is 6.47. The Balaban J connectivity index is 1.67. The number of aromatic nitrogens is 2. The summed E-state index contributed by atoms with van der Waals surface area (Å²) in [5.74, 6) is -0.689. The number of anilines is 1. The van der Waals surface area contributed by atoms with E-state index in [0.29, 0.717) is 5.56 Å². The summed E-state index contributed by atoms with van der Waals surface area (Å²) in [6.07, 6.45) is -1.68. The number of rotatable bonds is 6. The molecule has 6 nitrogen and oxygen atoms in total. The fourth-order valence-corrected chi connectivity index (χ4v) is 2.94. The zero-order valence-corrected chi connectivity index (χ0v) is 15.2. The van der Waals surface area contributed by atoms with Crippen molar-refractivity contribution in [2.45, 2.75) is 24.9 Å². The van der Waals surface area contributed by atoms with Gasteiger partial charge in [0.1, 0.15) is 0 Å². The van der Waals surface area contributed by atoms with E-state index in [9.17, 15) is 22.4 Å². The smallest absolute Gasteiger partial charge is 0.369 e. The quantitative estimate of drug-likeness (QED) is 0.586. The number of amides is 1. The number of benzene rings is 1. The Morgan fingerprint density at radius 2 is 1.90 bits per heavy atom. The summed E-state index contributed by atoms with van der Waals surface area (Å²) in [5, 5.41) is 3.00. The molecular weight excluding hydrogens is 392 g/mol. The third kappa shape index (κ3) is 5.29. The van der Waals surface area contributed by atoms with Crippen molar-refractivity contribution in [2.75, 3.05) is 18.4 Å². The van der Waals surface area contributed by atoms with Crippen LogP contribution in [0.15, 0.2) is 49.3 Å². The van der Waals surface area contributed by atoms with Gasteiger partial charge in [-0.2, -0.15) is 13.2 Å². The van der Waals surface area contributed by atoms with E-state index in [1.165, 1.54) is 23.1 Å². The third-order valence-corrected chi connectivity index (χ3v) is 4.43. The molecular formula is C19H18F4N4O2. The summed E-state index contributed by atoms with van der Waals surface area (Å²) < 4.78 is 56.8. The van der Waals surface area contributed by atoms with E-state index in [-0.39, 0.29) is 37.6 Å². The number of alkyl halides is 3. The summed E-state index contributed by atoms with van der Waals surface area (Å²) in [6.45, 7) is 4.05. The second-order valence-electron chi connectivity index (χ2n) is 6.47. The van der Waals surface area contributed by atoms with Crippen LogP contribution in [-0.2, 0) is 22.3 Å². The van der Waals surface area contributed by atoms with Crippen molar-refractivity contribution in [3.8, 4) is 0 Å². The van der Waals surface area contributed by atoms with E-state index in [2.05, 4.69) is 21.9 Å². The lowest BCUT2D eigenvalue weighted by Crippen LogP contribution is -2.35. The topological polar surface area (TPSA) is 67.4 Å². The lowest BCUT2D eigenvalue weighted by molar-refractivity contribution is -0.137. The number of carbonyl (C=O) groups is 1. The van der Waals surface area contributed by atoms with Gasteiger partial charge in [0, 0.05) is 13.1 Å². The normalized spacial score (nSPS) is 19.2. The SMILES string of the molecule is C=CC(=O)N1C[C@@H](Nc2ncc(F)cn2)[C@H](OCc2ccc(C(F)(F)F)cc2)C1. The number of nitrogens with zero attached hydrogens (tertiary/aromatic N) is 3. The molecule has 0 spiro atoms. The van der Waals surface area contributed by atoms with Crippen LogP contribution in [0.4, 0.5) is 23.5 Å². The highest BCUT2D eigenvalue weighted by Crippen LogP contribution is 2.29. The molecule has 1 N–H and O–H groups in total. The second kappa shape index (κ2) is 8.56. The van der Waals surface area contributed by atoms with Crippen LogP contribution in [-0.4, -0.2) is 46.0 Å². The van der Waals surface area contributed by atoms with Crippen LogP contribution in [0.5, 0.6) is 0 Å². The number of carbonyl (C=O) groups excluding carboxylic acids is 1. The van der Waals surface area contributed by atoms with E-state index in [1.807, 2.05) is 0 Å². The number of hydrogen-bond donors (Lipinski definition) is 1. The summed E-state index contributed by atoms with van der Waals surface area (Å²) in [7, 11) is 0. The summed E-state index contributed by atoms with van der Waals surface area (Å²) in [4.78, 5) is 21.1. The van der Waals surface area contributed by atoms with Crippen LogP contribution in [0.25, 0.3) is 0 Å². The first-order valence-corrected chi connectivity index (χ1v) is 8.69. The average molecular weight is 410 g/mol. The van der Waals surface area contributed by atoms with E-state index in [1.54, 1.807) is 0 Å². The zero-order valence-electron chi connectivity index (χ0n) is 15.2. The molecule has 2 aromatic rings. The Bertz CT molecular complexity index is 856. The van der Waals surface area contributed by atoms with Crippen LogP contribution in [0.1, 0.15) is 11.1 Å². The fraction of sp³-hybridized carbons (Fsp3) is 0.316. The van der Waals surface area contributed by atoms with Crippen molar-refractivity contribution in [3.63, 3.8) is 0 Å². The maximum atomic E-state index is 13.0. The molecule has 1 aromatic heterocycles. The molecule has 0 aliphatic carbocycles. The summed E-state index contributed by atoms with van der Waals surface area (Å²) >= 11 is 0. The van der Waals surface area contributed by atoms with Gasteiger partial charge in [0.15, 0.2) is 5.82 Å². The van der Waals surface area contributed by atoms with Gasteiger partial charge in [-0.15, -0.1) is 0 Å². The maximum Gasteiger partial charge on any atom is 0.416 e. The van der Waals surface area contributed by atoms with Crippen molar-refractivity contribution in [1.82, 2.24) is 14.9 Å². The van der Waals surface area contributed by atoms with Crippen molar-refractivity contribution < 1.29 is 27.1 Å². The van der Waals surface area contributed by atoms with Crippen molar-refractivity contribution in [2.24, 2.45) is 0 Å². The molecule has 10 heteroatoms. The number of likely N-dealkylation sites (tertiary alicyclic amines) is 1. The molecule has 1 saturated heterocycles. The Morgan fingerprint density at radius 1 is 1.24 bits per heavy atom. The minimum Gasteiger partial charge on any atom is -0.369 e. The van der Waals surface area contributed by atoms with Gasteiger partial charge >= 0.3 is 6.18 Å². The molecule has 1 aliphatic heterocycles. The Kier molecular flexibility index (Phi) is 6.12. The fourth-order valence-electron chi connectivity index (χ4n) is 2.94. The molecule has 1 aromatic carbocycles. The van der Waals surface area contributed by atoms with Gasteiger partial charge in [-0.05, 0) is 23.8 Å². The van der Waals surface area contributed by atoms with Crippen molar-refractivity contribution in [1.29, 1.82) is 0 Å². The molecule has 1 aliphatic rings. The lowest BCUT2D eigenvalue weighted by Gasteiger charge is -2.20. The predicted molar refractivity (Wildman–Crippen MR) is 96.2 cm³/mol. The van der Waals surface area contributed by atoms with Gasteiger partial charge in [0.05, 0.1) is 36.7 Å². The molecule has 0 radical (unpaired) electrons. The summed E-state index contributed by atoms with van der Waals surface area (Å²) in [6, 6.07) is 4.27. The van der Waals surface area contributed by atoms with Crippen LogP contribution >= 0.6 is 0 Å². The van der Waals surface area contributed by atoms with Gasteiger partial charge in [-0.25, -0.2) is 14.4 Å². The molecule has 154 valence electrons. The number of nitrogens with one attached hydrogen (secondary N) is 1. The van der Waals surface area contributed by atoms with Crippen molar-refractivity contribution in [3.05, 3.63) is 66.3 Å². The van der Waals surface area contributed by atoms with Crippen LogP contribution in [0.2, 0.25) is 0 Å².